The van der Waals surface area contributed by atoms with Crippen molar-refractivity contribution < 1.29 is 22.7 Å². The molecule has 0 fully saturated rings. The molecule has 0 spiro atoms. The van der Waals surface area contributed by atoms with Gasteiger partial charge in [-0.3, -0.25) is 9.52 Å². The quantitative estimate of drug-likeness (QED) is 0.491. The van der Waals surface area contributed by atoms with Gasteiger partial charge in [-0.15, -0.1) is 0 Å². The Morgan fingerprint density at radius 1 is 0.844 bits per heavy atom. The molecule has 0 aliphatic heterocycles. The minimum absolute atomic E-state index is 0.285. The molecule has 0 aromatic heterocycles. The lowest BCUT2D eigenvalue weighted by Crippen LogP contribution is -2.13. The van der Waals surface area contributed by atoms with Crippen LogP contribution in [0.2, 0.25) is 0 Å². The SMILES string of the molecule is CCOC(=O)c1ccc(NC(=O)c2ccc(NS(=O)(=O)/C=C/c3ccccc3)cc2)cc1. The Balaban J connectivity index is 1.60. The Kier molecular flexibility index (Phi) is 7.41. The number of esters is 1. The first-order chi connectivity index (χ1) is 15.4. The van der Waals surface area contributed by atoms with Crippen LogP contribution in [0.4, 0.5) is 11.4 Å². The molecular formula is C24H22N2O5S. The largest absolute Gasteiger partial charge is 0.462 e. The van der Waals surface area contributed by atoms with Crippen molar-refractivity contribution in [2.75, 3.05) is 16.6 Å². The molecule has 164 valence electrons. The first-order valence-electron chi connectivity index (χ1n) is 9.81. The zero-order valence-corrected chi connectivity index (χ0v) is 18.1. The van der Waals surface area contributed by atoms with Crippen LogP contribution < -0.4 is 10.0 Å². The molecule has 3 aromatic rings. The van der Waals surface area contributed by atoms with E-state index in [1.54, 1.807) is 43.3 Å². The number of amides is 1. The first-order valence-corrected chi connectivity index (χ1v) is 11.4. The summed E-state index contributed by atoms with van der Waals surface area (Å²) < 4.78 is 31.8. The van der Waals surface area contributed by atoms with Crippen molar-refractivity contribution in [1.29, 1.82) is 0 Å². The second-order valence-electron chi connectivity index (χ2n) is 6.69. The second-order valence-corrected chi connectivity index (χ2v) is 8.26. The number of hydrogen-bond acceptors (Lipinski definition) is 5. The van der Waals surface area contributed by atoms with Crippen LogP contribution in [0.25, 0.3) is 6.08 Å². The van der Waals surface area contributed by atoms with E-state index in [4.69, 9.17) is 4.74 Å². The van der Waals surface area contributed by atoms with Gasteiger partial charge < -0.3 is 10.1 Å². The summed E-state index contributed by atoms with van der Waals surface area (Å²) in [5, 5.41) is 3.81. The van der Waals surface area contributed by atoms with Crippen LogP contribution in [-0.4, -0.2) is 26.9 Å². The maximum atomic E-state index is 12.4. The van der Waals surface area contributed by atoms with E-state index >= 15 is 0 Å². The smallest absolute Gasteiger partial charge is 0.338 e. The van der Waals surface area contributed by atoms with E-state index in [1.807, 2.05) is 18.2 Å². The molecule has 0 aliphatic rings. The Labute approximate surface area is 186 Å². The average Bonchev–Trinajstić information content (AvgIpc) is 2.79. The molecule has 0 atom stereocenters. The lowest BCUT2D eigenvalue weighted by molar-refractivity contribution is 0.0526. The minimum atomic E-state index is -3.70. The standard InChI is InChI=1S/C24H22N2O5S/c1-2-31-24(28)20-10-12-21(13-11-20)25-23(27)19-8-14-22(15-9-19)26-32(29,30)17-16-18-6-4-3-5-7-18/h3-17,26H,2H2,1H3,(H,25,27)/b17-16+. The normalized spacial score (nSPS) is 11.2. The number of ether oxygens (including phenoxy) is 1. The minimum Gasteiger partial charge on any atom is -0.462 e. The predicted octanol–water partition coefficient (Wildman–Crippen LogP) is 4.53. The molecule has 0 radical (unpaired) electrons. The van der Waals surface area contributed by atoms with Gasteiger partial charge in [-0.1, -0.05) is 30.3 Å². The Hall–Kier alpha value is -3.91. The van der Waals surface area contributed by atoms with Gasteiger partial charge in [0, 0.05) is 16.9 Å². The van der Waals surface area contributed by atoms with E-state index in [0.717, 1.165) is 11.0 Å². The summed E-state index contributed by atoms with van der Waals surface area (Å²) in [5.41, 5.74) is 2.35. The molecule has 0 heterocycles. The number of hydrogen-bond donors (Lipinski definition) is 2. The van der Waals surface area contributed by atoms with Gasteiger partial charge in [-0.25, -0.2) is 13.2 Å². The van der Waals surface area contributed by atoms with Crippen LogP contribution in [0.3, 0.4) is 0 Å². The number of sulfonamides is 1. The lowest BCUT2D eigenvalue weighted by Gasteiger charge is -2.08. The molecule has 0 saturated carbocycles. The van der Waals surface area contributed by atoms with Crippen molar-refractivity contribution in [1.82, 2.24) is 0 Å². The van der Waals surface area contributed by atoms with Gasteiger partial charge in [-0.05, 0) is 67.1 Å². The molecule has 1 amide bonds. The zero-order chi connectivity index (χ0) is 23.0. The Morgan fingerprint density at radius 2 is 1.44 bits per heavy atom. The van der Waals surface area contributed by atoms with Gasteiger partial charge in [0.1, 0.15) is 0 Å². The predicted molar refractivity (Wildman–Crippen MR) is 125 cm³/mol. The van der Waals surface area contributed by atoms with Crippen LogP contribution in [-0.2, 0) is 14.8 Å². The van der Waals surface area contributed by atoms with Gasteiger partial charge in [0.2, 0.25) is 0 Å². The topological polar surface area (TPSA) is 102 Å². The molecule has 7 nitrogen and oxygen atoms in total. The Bertz CT molecular complexity index is 1200. The van der Waals surface area contributed by atoms with E-state index in [9.17, 15) is 18.0 Å². The molecular weight excluding hydrogens is 428 g/mol. The van der Waals surface area contributed by atoms with Gasteiger partial charge in [0.05, 0.1) is 17.6 Å². The molecule has 0 bridgehead atoms. The van der Waals surface area contributed by atoms with Crippen molar-refractivity contribution in [3.63, 3.8) is 0 Å². The third kappa shape index (κ3) is 6.55. The van der Waals surface area contributed by atoms with E-state index < -0.39 is 16.0 Å². The maximum Gasteiger partial charge on any atom is 0.338 e. The first kappa shape index (κ1) is 22.8. The average molecular weight is 451 g/mol. The fraction of sp³-hybridized carbons (Fsp3) is 0.0833. The van der Waals surface area contributed by atoms with Crippen LogP contribution in [0.15, 0.2) is 84.3 Å². The van der Waals surface area contributed by atoms with Crippen molar-refractivity contribution in [3.05, 3.63) is 101 Å². The number of anilines is 2. The molecule has 32 heavy (non-hydrogen) atoms. The Morgan fingerprint density at radius 3 is 2.06 bits per heavy atom. The fourth-order valence-corrected chi connectivity index (χ4v) is 3.60. The van der Waals surface area contributed by atoms with Gasteiger partial charge >= 0.3 is 5.97 Å². The summed E-state index contributed by atoms with van der Waals surface area (Å²) in [6, 6.07) is 21.5. The number of benzene rings is 3. The van der Waals surface area contributed by atoms with Crippen LogP contribution >= 0.6 is 0 Å². The van der Waals surface area contributed by atoms with E-state index in [1.165, 1.54) is 30.3 Å². The van der Waals surface area contributed by atoms with Gasteiger partial charge in [0.15, 0.2) is 0 Å². The number of carbonyl (C=O) groups is 2. The number of rotatable bonds is 8. The summed E-state index contributed by atoms with van der Waals surface area (Å²) >= 11 is 0. The van der Waals surface area contributed by atoms with Crippen molar-refractivity contribution >= 4 is 39.4 Å². The highest BCUT2D eigenvalue weighted by atomic mass is 32.2. The number of carbonyl (C=O) groups excluding carboxylic acids is 2. The van der Waals surface area contributed by atoms with Crippen molar-refractivity contribution in [3.8, 4) is 0 Å². The van der Waals surface area contributed by atoms with Gasteiger partial charge in [-0.2, -0.15) is 0 Å². The van der Waals surface area contributed by atoms with Crippen LogP contribution in [0, 0.1) is 0 Å². The molecule has 2 N–H and O–H groups in total. The lowest BCUT2D eigenvalue weighted by atomic mass is 10.1. The molecule has 0 saturated heterocycles. The highest BCUT2D eigenvalue weighted by molar-refractivity contribution is 7.95. The molecule has 8 heteroatoms. The molecule has 0 unspecified atom stereocenters. The molecule has 3 rings (SSSR count). The van der Waals surface area contributed by atoms with Gasteiger partial charge in [0.25, 0.3) is 15.9 Å². The second kappa shape index (κ2) is 10.4. The van der Waals surface area contributed by atoms with E-state index in [0.29, 0.717) is 22.5 Å². The summed E-state index contributed by atoms with van der Waals surface area (Å²) in [6.45, 7) is 2.01. The van der Waals surface area contributed by atoms with Crippen molar-refractivity contribution in [2.24, 2.45) is 0 Å². The number of nitrogens with one attached hydrogen (secondary N) is 2. The monoisotopic (exact) mass is 450 g/mol. The summed E-state index contributed by atoms with van der Waals surface area (Å²) in [6.07, 6.45) is 1.50. The van der Waals surface area contributed by atoms with Crippen LogP contribution in [0.1, 0.15) is 33.2 Å². The van der Waals surface area contributed by atoms with Crippen molar-refractivity contribution in [2.45, 2.75) is 6.92 Å². The molecule has 3 aromatic carbocycles. The zero-order valence-electron chi connectivity index (χ0n) is 17.3. The molecule has 0 aliphatic carbocycles. The van der Waals surface area contributed by atoms with E-state index in [2.05, 4.69) is 10.0 Å². The third-order valence-electron chi connectivity index (χ3n) is 4.30. The highest BCUT2D eigenvalue weighted by Gasteiger charge is 2.10. The summed E-state index contributed by atoms with van der Waals surface area (Å²) in [5.74, 6) is -0.797. The third-order valence-corrected chi connectivity index (χ3v) is 5.31. The van der Waals surface area contributed by atoms with Crippen LogP contribution in [0.5, 0.6) is 0 Å². The fourth-order valence-electron chi connectivity index (χ4n) is 2.73. The van der Waals surface area contributed by atoms with E-state index in [-0.39, 0.29) is 12.5 Å². The highest BCUT2D eigenvalue weighted by Crippen LogP contribution is 2.16. The maximum absolute atomic E-state index is 12.4. The summed E-state index contributed by atoms with van der Waals surface area (Å²) in [7, 11) is -3.70. The summed E-state index contributed by atoms with van der Waals surface area (Å²) in [4.78, 5) is 24.1.